The second-order valence-electron chi connectivity index (χ2n) is 5.22. The Hall–Kier alpha value is -2.30. The van der Waals surface area contributed by atoms with Crippen molar-refractivity contribution in [3.8, 4) is 0 Å². The molecule has 0 saturated heterocycles. The highest BCUT2D eigenvalue weighted by Crippen LogP contribution is 2.20. The van der Waals surface area contributed by atoms with Crippen molar-refractivity contribution in [1.29, 1.82) is 0 Å². The van der Waals surface area contributed by atoms with E-state index in [1.165, 1.54) is 0 Å². The van der Waals surface area contributed by atoms with Crippen LogP contribution in [0.4, 0.5) is 5.69 Å². The highest BCUT2D eigenvalue weighted by Gasteiger charge is 2.21. The molecule has 21 heavy (non-hydrogen) atoms. The summed E-state index contributed by atoms with van der Waals surface area (Å²) in [6.07, 6.45) is 0. The first-order valence-electron chi connectivity index (χ1n) is 7.15. The van der Waals surface area contributed by atoms with Gasteiger partial charge in [0.15, 0.2) is 0 Å². The summed E-state index contributed by atoms with van der Waals surface area (Å²) < 4.78 is 1.64. The molecule has 2 rings (SSSR count). The van der Waals surface area contributed by atoms with Gasteiger partial charge in [-0.3, -0.25) is 9.48 Å². The van der Waals surface area contributed by atoms with E-state index in [9.17, 15) is 4.79 Å². The predicted octanol–water partition coefficient (Wildman–Crippen LogP) is 2.59. The molecule has 1 aromatic carbocycles. The van der Waals surface area contributed by atoms with Crippen LogP contribution in [0.25, 0.3) is 0 Å². The maximum absolute atomic E-state index is 12.5. The van der Waals surface area contributed by atoms with Gasteiger partial charge < -0.3 is 11.1 Å². The fraction of sp³-hybridized carbons (Fsp3) is 0.375. The number of carbonyl (C=O) groups excluding carboxylic acids is 1. The van der Waals surface area contributed by atoms with Crippen molar-refractivity contribution >= 4 is 11.6 Å². The predicted molar refractivity (Wildman–Crippen MR) is 84.1 cm³/mol. The van der Waals surface area contributed by atoms with Crippen LogP contribution < -0.4 is 11.1 Å². The largest absolute Gasteiger partial charge is 0.395 e. The number of nitrogens with zero attached hydrogens (tertiary/aromatic N) is 2. The second-order valence-corrected chi connectivity index (χ2v) is 5.22. The minimum atomic E-state index is -0.189. The number of nitrogen functional groups attached to an aromatic ring is 1. The molecule has 1 atom stereocenters. The Kier molecular flexibility index (Phi) is 4.31. The van der Waals surface area contributed by atoms with E-state index in [-0.39, 0.29) is 11.9 Å². The van der Waals surface area contributed by atoms with Gasteiger partial charge in [-0.25, -0.2) is 0 Å². The van der Waals surface area contributed by atoms with Crippen LogP contribution in [0.5, 0.6) is 0 Å². The van der Waals surface area contributed by atoms with Crippen LogP contribution in [0, 0.1) is 13.8 Å². The van der Waals surface area contributed by atoms with Gasteiger partial charge in [0.25, 0.3) is 5.91 Å². The molecular formula is C16H22N4O. The quantitative estimate of drug-likeness (QED) is 0.907. The van der Waals surface area contributed by atoms with Gasteiger partial charge >= 0.3 is 0 Å². The smallest absolute Gasteiger partial charge is 0.272 e. The summed E-state index contributed by atoms with van der Waals surface area (Å²) in [5.41, 5.74) is 9.81. The van der Waals surface area contributed by atoms with E-state index in [1.54, 1.807) is 4.68 Å². The van der Waals surface area contributed by atoms with E-state index in [1.807, 2.05) is 52.0 Å². The molecule has 0 aliphatic rings. The second kappa shape index (κ2) is 5.99. The maximum Gasteiger partial charge on any atom is 0.272 e. The minimum Gasteiger partial charge on any atom is -0.395 e. The molecule has 0 bridgehead atoms. The lowest BCUT2D eigenvalue weighted by Crippen LogP contribution is -2.29. The number of hydrogen-bond acceptors (Lipinski definition) is 3. The lowest BCUT2D eigenvalue weighted by atomic mass is 10.0. The number of anilines is 1. The van der Waals surface area contributed by atoms with E-state index < -0.39 is 0 Å². The zero-order chi connectivity index (χ0) is 15.6. The number of aryl methyl sites for hydroxylation is 3. The minimum absolute atomic E-state index is 0.0846. The molecule has 3 N–H and O–H groups in total. The number of carbonyl (C=O) groups is 1. The van der Waals surface area contributed by atoms with Crippen LogP contribution in [0.2, 0.25) is 0 Å². The van der Waals surface area contributed by atoms with E-state index in [0.29, 0.717) is 23.6 Å². The first-order chi connectivity index (χ1) is 9.95. The van der Waals surface area contributed by atoms with Crippen molar-refractivity contribution < 1.29 is 4.79 Å². The van der Waals surface area contributed by atoms with Crippen LogP contribution in [-0.2, 0) is 6.54 Å². The summed E-state index contributed by atoms with van der Waals surface area (Å²) in [5.74, 6) is -0.189. The van der Waals surface area contributed by atoms with Gasteiger partial charge in [0.1, 0.15) is 5.69 Å². The van der Waals surface area contributed by atoms with Gasteiger partial charge in [-0.15, -0.1) is 0 Å². The number of benzene rings is 1. The zero-order valence-electron chi connectivity index (χ0n) is 13.0. The van der Waals surface area contributed by atoms with Gasteiger partial charge in [-0.2, -0.15) is 5.10 Å². The van der Waals surface area contributed by atoms with Crippen molar-refractivity contribution in [2.45, 2.75) is 40.3 Å². The van der Waals surface area contributed by atoms with E-state index in [0.717, 1.165) is 11.1 Å². The molecule has 0 fully saturated rings. The molecule has 0 radical (unpaired) electrons. The molecule has 1 unspecified atom stereocenters. The summed E-state index contributed by atoms with van der Waals surface area (Å²) in [4.78, 5) is 12.5. The Labute approximate surface area is 125 Å². The molecule has 1 heterocycles. The standard InChI is InChI=1S/C16H22N4O/c1-5-20-15(14(17)12(4)19-20)16(21)18-11(3)13-9-7-6-8-10(13)2/h6-9,11H,5,17H2,1-4H3,(H,18,21). The highest BCUT2D eigenvalue weighted by atomic mass is 16.2. The Morgan fingerprint density at radius 2 is 2.05 bits per heavy atom. The van der Waals surface area contributed by atoms with Crippen LogP contribution >= 0.6 is 0 Å². The third-order valence-electron chi connectivity index (χ3n) is 3.69. The average Bonchev–Trinajstić information content (AvgIpc) is 2.74. The van der Waals surface area contributed by atoms with Gasteiger partial charge in [-0.1, -0.05) is 24.3 Å². The molecular weight excluding hydrogens is 264 g/mol. The maximum atomic E-state index is 12.5. The fourth-order valence-electron chi connectivity index (χ4n) is 2.48. The van der Waals surface area contributed by atoms with Gasteiger partial charge in [0, 0.05) is 6.54 Å². The molecule has 0 aliphatic heterocycles. The number of amides is 1. The molecule has 5 nitrogen and oxygen atoms in total. The molecule has 1 aromatic heterocycles. The SMILES string of the molecule is CCn1nc(C)c(N)c1C(=O)NC(C)c1ccccc1C. The molecule has 0 saturated carbocycles. The van der Waals surface area contributed by atoms with E-state index in [4.69, 9.17) is 5.73 Å². The number of nitrogens with two attached hydrogens (primary N) is 1. The highest BCUT2D eigenvalue weighted by molar-refractivity contribution is 5.98. The van der Waals surface area contributed by atoms with Crippen LogP contribution in [0.3, 0.4) is 0 Å². The Balaban J connectivity index is 2.24. The summed E-state index contributed by atoms with van der Waals surface area (Å²) in [7, 11) is 0. The van der Waals surface area contributed by atoms with Gasteiger partial charge in [0.05, 0.1) is 17.4 Å². The molecule has 0 aliphatic carbocycles. The summed E-state index contributed by atoms with van der Waals surface area (Å²) in [6, 6.07) is 7.93. The van der Waals surface area contributed by atoms with Crippen LogP contribution in [-0.4, -0.2) is 15.7 Å². The van der Waals surface area contributed by atoms with Crippen molar-refractivity contribution in [2.75, 3.05) is 5.73 Å². The molecule has 2 aromatic rings. The third kappa shape index (κ3) is 2.91. The number of rotatable bonds is 4. The monoisotopic (exact) mass is 286 g/mol. The van der Waals surface area contributed by atoms with Gasteiger partial charge in [-0.05, 0) is 38.8 Å². The number of nitrogens with one attached hydrogen (secondary N) is 1. The van der Waals surface area contributed by atoms with Crippen LogP contribution in [0.15, 0.2) is 24.3 Å². The Bertz CT molecular complexity index is 660. The lowest BCUT2D eigenvalue weighted by Gasteiger charge is -2.17. The Morgan fingerprint density at radius 3 is 2.67 bits per heavy atom. The van der Waals surface area contributed by atoms with Crippen molar-refractivity contribution in [3.63, 3.8) is 0 Å². The first kappa shape index (κ1) is 15.1. The molecule has 1 amide bonds. The van der Waals surface area contributed by atoms with Crippen molar-refractivity contribution in [1.82, 2.24) is 15.1 Å². The first-order valence-corrected chi connectivity index (χ1v) is 7.15. The molecule has 5 heteroatoms. The van der Waals surface area contributed by atoms with Crippen LogP contribution in [0.1, 0.15) is 47.2 Å². The van der Waals surface area contributed by atoms with Crippen molar-refractivity contribution in [3.05, 3.63) is 46.8 Å². The summed E-state index contributed by atoms with van der Waals surface area (Å²) in [5, 5.41) is 7.28. The lowest BCUT2D eigenvalue weighted by molar-refractivity contribution is 0.0930. The fourth-order valence-corrected chi connectivity index (χ4v) is 2.48. The van der Waals surface area contributed by atoms with Gasteiger partial charge in [0.2, 0.25) is 0 Å². The average molecular weight is 286 g/mol. The Morgan fingerprint density at radius 1 is 1.38 bits per heavy atom. The zero-order valence-corrected chi connectivity index (χ0v) is 13.0. The number of hydrogen-bond donors (Lipinski definition) is 2. The van der Waals surface area contributed by atoms with Crippen molar-refractivity contribution in [2.24, 2.45) is 0 Å². The van der Waals surface area contributed by atoms with E-state index >= 15 is 0 Å². The van der Waals surface area contributed by atoms with E-state index in [2.05, 4.69) is 10.4 Å². The molecule has 112 valence electrons. The topological polar surface area (TPSA) is 72.9 Å². The molecule has 0 spiro atoms. The normalized spacial score (nSPS) is 12.2. The number of aromatic nitrogens is 2. The third-order valence-corrected chi connectivity index (χ3v) is 3.69. The summed E-state index contributed by atoms with van der Waals surface area (Å²) in [6.45, 7) is 8.36. The summed E-state index contributed by atoms with van der Waals surface area (Å²) >= 11 is 0.